The molecule has 0 bridgehead atoms. The quantitative estimate of drug-likeness (QED) is 0.342. The zero-order valence-electron chi connectivity index (χ0n) is 18.9. The van der Waals surface area contributed by atoms with Crippen molar-refractivity contribution < 1.29 is 13.2 Å². The predicted molar refractivity (Wildman–Crippen MR) is 139 cm³/mol. The molecule has 0 saturated carbocycles. The van der Waals surface area contributed by atoms with Crippen LogP contribution in [-0.2, 0) is 10.0 Å². The highest BCUT2D eigenvalue weighted by Crippen LogP contribution is 2.32. The Labute approximate surface area is 211 Å². The first kappa shape index (κ1) is 23.5. The van der Waals surface area contributed by atoms with Crippen molar-refractivity contribution in [1.82, 2.24) is 14.5 Å². The minimum Gasteiger partial charge on any atom is -0.495 e. The summed E-state index contributed by atoms with van der Waals surface area (Å²) in [5, 5.41) is 1.19. The third-order valence-electron chi connectivity index (χ3n) is 5.57. The number of nitrogens with one attached hydrogen (secondary N) is 1. The van der Waals surface area contributed by atoms with Gasteiger partial charge in [0.1, 0.15) is 5.75 Å². The van der Waals surface area contributed by atoms with Gasteiger partial charge < -0.3 is 4.74 Å². The van der Waals surface area contributed by atoms with Crippen LogP contribution in [0.15, 0.2) is 101 Å². The average Bonchev–Trinajstić information content (AvgIpc) is 2.89. The second-order valence-electron chi connectivity index (χ2n) is 7.80. The molecule has 36 heavy (non-hydrogen) atoms. The van der Waals surface area contributed by atoms with Crippen molar-refractivity contribution in [1.29, 1.82) is 0 Å². The van der Waals surface area contributed by atoms with E-state index in [0.717, 1.165) is 11.1 Å². The Balaban J connectivity index is 1.59. The van der Waals surface area contributed by atoms with Gasteiger partial charge in [-0.15, -0.1) is 0 Å². The number of anilines is 1. The van der Waals surface area contributed by atoms with Gasteiger partial charge in [0.05, 0.1) is 23.2 Å². The van der Waals surface area contributed by atoms with Crippen LogP contribution in [-0.4, -0.2) is 30.1 Å². The minimum absolute atomic E-state index is 0.0118. The van der Waals surface area contributed by atoms with Gasteiger partial charge in [-0.25, -0.2) is 23.1 Å². The summed E-state index contributed by atoms with van der Waals surface area (Å²) in [4.78, 5) is 20.8. The molecule has 8 nitrogen and oxygen atoms in total. The number of ether oxygens (including phenoxy) is 1. The van der Waals surface area contributed by atoms with Crippen molar-refractivity contribution in [2.75, 3.05) is 11.8 Å². The Morgan fingerprint density at radius 3 is 2.33 bits per heavy atom. The minimum atomic E-state index is -3.94. The molecule has 0 fully saturated rings. The second-order valence-corrected chi connectivity index (χ2v) is 9.92. The fourth-order valence-electron chi connectivity index (χ4n) is 3.85. The van der Waals surface area contributed by atoms with Gasteiger partial charge in [0, 0.05) is 28.9 Å². The van der Waals surface area contributed by atoms with Crippen molar-refractivity contribution >= 4 is 38.5 Å². The van der Waals surface area contributed by atoms with Crippen LogP contribution in [0.4, 0.5) is 5.95 Å². The number of fused-ring (bicyclic) bond motifs is 1. The lowest BCUT2D eigenvalue weighted by Crippen LogP contribution is -2.19. The van der Waals surface area contributed by atoms with E-state index in [0.29, 0.717) is 27.4 Å². The number of methoxy groups -OCH3 is 1. The molecule has 0 unspecified atom stereocenters. The van der Waals surface area contributed by atoms with Crippen LogP contribution < -0.4 is 15.0 Å². The smallest absolute Gasteiger partial charge is 0.264 e. The van der Waals surface area contributed by atoms with Crippen molar-refractivity contribution in [3.8, 4) is 22.6 Å². The van der Waals surface area contributed by atoms with E-state index in [9.17, 15) is 13.2 Å². The zero-order valence-corrected chi connectivity index (χ0v) is 20.5. The summed E-state index contributed by atoms with van der Waals surface area (Å²) in [5.74, 6) is 0.449. The van der Waals surface area contributed by atoms with E-state index in [1.54, 1.807) is 36.4 Å². The van der Waals surface area contributed by atoms with Gasteiger partial charge in [0.2, 0.25) is 5.95 Å². The van der Waals surface area contributed by atoms with E-state index >= 15 is 0 Å². The average molecular weight is 519 g/mol. The standard InChI is InChI=1S/C26H19ClN4O4S/c1-35-24-16-18(17-3-7-20(27)8-4-17)5-10-23(24)31-22-11-9-21(15-19(22)6-12-25(31)32)36(33,34)30-26-28-13-2-14-29-26/h2-16H,1H3,(H,28,29,30). The normalized spacial score (nSPS) is 11.4. The van der Waals surface area contributed by atoms with Crippen molar-refractivity contribution in [3.05, 3.63) is 107 Å². The Kier molecular flexibility index (Phi) is 6.17. The van der Waals surface area contributed by atoms with Gasteiger partial charge >= 0.3 is 0 Å². The molecule has 0 saturated heterocycles. The number of benzene rings is 3. The van der Waals surface area contributed by atoms with Gasteiger partial charge in [0.15, 0.2) is 0 Å². The van der Waals surface area contributed by atoms with Gasteiger partial charge in [0.25, 0.3) is 15.6 Å². The molecule has 0 aliphatic carbocycles. The largest absolute Gasteiger partial charge is 0.495 e. The molecule has 0 amide bonds. The Morgan fingerprint density at radius 1 is 0.889 bits per heavy atom. The highest BCUT2D eigenvalue weighted by molar-refractivity contribution is 7.92. The lowest BCUT2D eigenvalue weighted by Gasteiger charge is -2.16. The van der Waals surface area contributed by atoms with Crippen molar-refractivity contribution in [2.24, 2.45) is 0 Å². The third-order valence-corrected chi connectivity index (χ3v) is 7.14. The highest BCUT2D eigenvalue weighted by atomic mass is 35.5. The predicted octanol–water partition coefficient (Wildman–Crippen LogP) is 4.91. The number of sulfonamides is 1. The molecule has 2 heterocycles. The van der Waals surface area contributed by atoms with Crippen LogP contribution in [0.2, 0.25) is 5.02 Å². The fraction of sp³-hybridized carbons (Fsp3) is 0.0385. The summed E-state index contributed by atoms with van der Waals surface area (Å²) in [6, 6.07) is 22.0. The molecule has 0 atom stereocenters. The Bertz CT molecular complexity index is 1740. The fourth-order valence-corrected chi connectivity index (χ4v) is 4.97. The van der Waals surface area contributed by atoms with E-state index in [1.165, 1.54) is 42.3 Å². The molecule has 0 radical (unpaired) electrons. The number of nitrogens with zero attached hydrogens (tertiary/aromatic N) is 3. The summed E-state index contributed by atoms with van der Waals surface area (Å²) in [6.07, 6.45) is 2.88. The summed E-state index contributed by atoms with van der Waals surface area (Å²) >= 11 is 6.01. The molecule has 0 aliphatic heterocycles. The van der Waals surface area contributed by atoms with Gasteiger partial charge in [-0.2, -0.15) is 0 Å². The zero-order chi connectivity index (χ0) is 25.3. The molecule has 3 aromatic carbocycles. The summed E-state index contributed by atoms with van der Waals surface area (Å²) in [7, 11) is -2.41. The van der Waals surface area contributed by atoms with Crippen molar-refractivity contribution in [3.63, 3.8) is 0 Å². The van der Waals surface area contributed by atoms with Gasteiger partial charge in [-0.1, -0.05) is 29.8 Å². The molecule has 10 heteroatoms. The summed E-state index contributed by atoms with van der Waals surface area (Å²) < 4.78 is 35.2. The first-order valence-corrected chi connectivity index (χ1v) is 12.6. The lowest BCUT2D eigenvalue weighted by atomic mass is 10.0. The summed E-state index contributed by atoms with van der Waals surface area (Å²) in [5.41, 5.74) is 2.60. The molecule has 0 spiro atoms. The summed E-state index contributed by atoms with van der Waals surface area (Å²) in [6.45, 7) is 0. The van der Waals surface area contributed by atoms with Gasteiger partial charge in [-0.3, -0.25) is 9.36 Å². The highest BCUT2D eigenvalue weighted by Gasteiger charge is 2.18. The van der Waals surface area contributed by atoms with Crippen molar-refractivity contribution in [2.45, 2.75) is 4.90 Å². The molecule has 180 valence electrons. The Hall–Kier alpha value is -4.21. The number of halogens is 1. The van der Waals surface area contributed by atoms with E-state index in [2.05, 4.69) is 14.7 Å². The van der Waals surface area contributed by atoms with Crippen LogP contribution in [0, 0.1) is 0 Å². The van der Waals surface area contributed by atoms with Crippen LogP contribution in [0.25, 0.3) is 27.7 Å². The first-order valence-electron chi connectivity index (χ1n) is 10.8. The second kappa shape index (κ2) is 9.44. The molecule has 5 aromatic rings. The van der Waals surface area contributed by atoms with E-state index < -0.39 is 10.0 Å². The maximum Gasteiger partial charge on any atom is 0.264 e. The Morgan fingerprint density at radius 2 is 1.61 bits per heavy atom. The molecule has 0 aliphatic rings. The number of rotatable bonds is 6. The number of hydrogen-bond acceptors (Lipinski definition) is 6. The molecular weight excluding hydrogens is 500 g/mol. The monoisotopic (exact) mass is 518 g/mol. The number of pyridine rings is 1. The lowest BCUT2D eigenvalue weighted by molar-refractivity contribution is 0.413. The molecule has 1 N–H and O–H groups in total. The van der Waals surface area contributed by atoms with E-state index in [1.807, 2.05) is 24.3 Å². The number of aromatic nitrogens is 3. The maximum absolute atomic E-state index is 13.0. The van der Waals surface area contributed by atoms with Gasteiger partial charge in [-0.05, 0) is 65.7 Å². The molecule has 5 rings (SSSR count). The van der Waals surface area contributed by atoms with Crippen LogP contribution in [0.3, 0.4) is 0 Å². The molecule has 2 aromatic heterocycles. The third kappa shape index (κ3) is 4.53. The van der Waals surface area contributed by atoms with E-state index in [-0.39, 0.29) is 16.4 Å². The topological polar surface area (TPSA) is 103 Å². The van der Waals surface area contributed by atoms with E-state index in [4.69, 9.17) is 16.3 Å². The van der Waals surface area contributed by atoms with Crippen LogP contribution in [0.5, 0.6) is 5.75 Å². The number of hydrogen-bond donors (Lipinski definition) is 1. The SMILES string of the molecule is COc1cc(-c2ccc(Cl)cc2)ccc1-n1c(=O)ccc2cc(S(=O)(=O)Nc3ncccn3)ccc21. The van der Waals surface area contributed by atoms with Crippen LogP contribution >= 0.6 is 11.6 Å². The first-order chi connectivity index (χ1) is 17.4. The molecular formula is C26H19ClN4O4S. The van der Waals surface area contributed by atoms with Crippen LogP contribution in [0.1, 0.15) is 0 Å². The maximum atomic E-state index is 13.0.